The standard InChI is InChI=1S/C19H12FNO3/c20-11-8-9-13(19(22)23)17(10-11)24-16-7-3-6-15-18(16)12-4-1-2-5-14(12)21-15/h1-10,21H,(H,22,23). The molecule has 0 aliphatic rings. The molecule has 2 N–H and O–H groups in total. The summed E-state index contributed by atoms with van der Waals surface area (Å²) in [5.74, 6) is -1.28. The number of carboxylic acids is 1. The molecule has 0 fully saturated rings. The van der Waals surface area contributed by atoms with E-state index in [0.29, 0.717) is 5.75 Å². The van der Waals surface area contributed by atoms with E-state index < -0.39 is 11.8 Å². The molecule has 0 aliphatic heterocycles. The highest BCUT2D eigenvalue weighted by atomic mass is 19.1. The lowest BCUT2D eigenvalue weighted by atomic mass is 10.1. The quantitative estimate of drug-likeness (QED) is 0.561. The second-order valence-electron chi connectivity index (χ2n) is 5.40. The van der Waals surface area contributed by atoms with Crippen molar-refractivity contribution >= 4 is 27.8 Å². The summed E-state index contributed by atoms with van der Waals surface area (Å²) in [6.45, 7) is 0. The summed E-state index contributed by atoms with van der Waals surface area (Å²) in [5.41, 5.74) is 1.72. The minimum atomic E-state index is -1.17. The predicted molar refractivity (Wildman–Crippen MR) is 89.2 cm³/mol. The van der Waals surface area contributed by atoms with Gasteiger partial charge in [0.1, 0.15) is 22.9 Å². The topological polar surface area (TPSA) is 62.3 Å². The van der Waals surface area contributed by atoms with E-state index >= 15 is 0 Å². The molecule has 5 heteroatoms. The lowest BCUT2D eigenvalue weighted by Gasteiger charge is -2.10. The Morgan fingerprint density at radius 3 is 2.58 bits per heavy atom. The van der Waals surface area contributed by atoms with Gasteiger partial charge < -0.3 is 14.8 Å². The van der Waals surface area contributed by atoms with E-state index in [1.165, 1.54) is 6.07 Å². The van der Waals surface area contributed by atoms with Gasteiger partial charge in [0, 0.05) is 17.0 Å². The summed E-state index contributed by atoms with van der Waals surface area (Å²) in [6.07, 6.45) is 0. The molecule has 0 unspecified atom stereocenters. The van der Waals surface area contributed by atoms with E-state index in [-0.39, 0.29) is 11.3 Å². The number of fused-ring (bicyclic) bond motifs is 3. The molecule has 0 aliphatic carbocycles. The van der Waals surface area contributed by atoms with Crippen LogP contribution in [-0.4, -0.2) is 16.1 Å². The second-order valence-corrected chi connectivity index (χ2v) is 5.40. The number of ether oxygens (including phenoxy) is 1. The lowest BCUT2D eigenvalue weighted by molar-refractivity contribution is 0.0694. The number of rotatable bonds is 3. The van der Waals surface area contributed by atoms with Gasteiger partial charge in [-0.1, -0.05) is 24.3 Å². The van der Waals surface area contributed by atoms with Crippen LogP contribution >= 0.6 is 0 Å². The Kier molecular flexibility index (Phi) is 3.20. The molecule has 4 nitrogen and oxygen atoms in total. The highest BCUT2D eigenvalue weighted by molar-refractivity contribution is 6.10. The third-order valence-electron chi connectivity index (χ3n) is 3.89. The number of H-pyrrole nitrogens is 1. The van der Waals surface area contributed by atoms with Gasteiger partial charge in [0.15, 0.2) is 0 Å². The third kappa shape index (κ3) is 2.27. The fraction of sp³-hybridized carbons (Fsp3) is 0. The van der Waals surface area contributed by atoms with Crippen LogP contribution in [0.2, 0.25) is 0 Å². The summed E-state index contributed by atoms with van der Waals surface area (Å²) in [6, 6.07) is 16.6. The molecule has 118 valence electrons. The first-order valence-corrected chi connectivity index (χ1v) is 7.33. The maximum absolute atomic E-state index is 13.5. The van der Waals surface area contributed by atoms with Crippen LogP contribution in [0, 0.1) is 5.82 Å². The van der Waals surface area contributed by atoms with Gasteiger partial charge in [-0.05, 0) is 30.3 Å². The lowest BCUT2D eigenvalue weighted by Crippen LogP contribution is -2.00. The van der Waals surface area contributed by atoms with Gasteiger partial charge in [-0.3, -0.25) is 0 Å². The van der Waals surface area contributed by atoms with Gasteiger partial charge >= 0.3 is 5.97 Å². The number of para-hydroxylation sites is 1. The average molecular weight is 321 g/mol. The molecule has 0 bridgehead atoms. The van der Waals surface area contributed by atoms with Crippen molar-refractivity contribution in [2.75, 3.05) is 0 Å². The number of nitrogens with one attached hydrogen (secondary N) is 1. The van der Waals surface area contributed by atoms with Gasteiger partial charge in [0.2, 0.25) is 0 Å². The number of hydrogen-bond acceptors (Lipinski definition) is 2. The number of aromatic nitrogens is 1. The van der Waals surface area contributed by atoms with E-state index in [9.17, 15) is 14.3 Å². The van der Waals surface area contributed by atoms with Crippen LogP contribution in [0.3, 0.4) is 0 Å². The second kappa shape index (κ2) is 5.38. The fourth-order valence-corrected chi connectivity index (χ4v) is 2.83. The van der Waals surface area contributed by atoms with Gasteiger partial charge in [-0.15, -0.1) is 0 Å². The third-order valence-corrected chi connectivity index (χ3v) is 3.89. The maximum Gasteiger partial charge on any atom is 0.339 e. The normalized spacial score (nSPS) is 11.0. The van der Waals surface area contributed by atoms with Crippen molar-refractivity contribution in [1.29, 1.82) is 0 Å². The largest absolute Gasteiger partial charge is 0.478 e. The Hall–Kier alpha value is -3.34. The predicted octanol–water partition coefficient (Wildman–Crippen LogP) is 4.95. The number of carboxylic acid groups (broad SMARTS) is 1. The first kappa shape index (κ1) is 14.3. The molecule has 0 radical (unpaired) electrons. The van der Waals surface area contributed by atoms with Gasteiger partial charge in [0.25, 0.3) is 0 Å². The zero-order valence-corrected chi connectivity index (χ0v) is 12.4. The Morgan fingerprint density at radius 1 is 0.958 bits per heavy atom. The van der Waals surface area contributed by atoms with Crippen molar-refractivity contribution in [2.45, 2.75) is 0 Å². The summed E-state index contributed by atoms with van der Waals surface area (Å²) < 4.78 is 19.3. The van der Waals surface area contributed by atoms with Crippen LogP contribution in [0.1, 0.15) is 10.4 Å². The van der Waals surface area contributed by atoms with E-state index in [4.69, 9.17) is 4.74 Å². The van der Waals surface area contributed by atoms with E-state index in [2.05, 4.69) is 4.98 Å². The van der Waals surface area contributed by atoms with Crippen LogP contribution in [-0.2, 0) is 0 Å². The van der Waals surface area contributed by atoms with Crippen molar-refractivity contribution in [3.05, 3.63) is 72.0 Å². The van der Waals surface area contributed by atoms with Gasteiger partial charge in [-0.2, -0.15) is 0 Å². The zero-order valence-electron chi connectivity index (χ0n) is 12.4. The summed E-state index contributed by atoms with van der Waals surface area (Å²) in [4.78, 5) is 14.6. The maximum atomic E-state index is 13.5. The molecular weight excluding hydrogens is 309 g/mol. The average Bonchev–Trinajstić information content (AvgIpc) is 2.94. The number of aromatic carboxylic acids is 1. The van der Waals surface area contributed by atoms with E-state index in [1.54, 1.807) is 12.1 Å². The highest BCUT2D eigenvalue weighted by Gasteiger charge is 2.16. The monoisotopic (exact) mass is 321 g/mol. The van der Waals surface area contributed by atoms with Crippen molar-refractivity contribution < 1.29 is 19.0 Å². The Balaban J connectivity index is 1.92. The first-order valence-electron chi connectivity index (χ1n) is 7.33. The minimum absolute atomic E-state index is 0.0275. The fourth-order valence-electron chi connectivity index (χ4n) is 2.83. The SMILES string of the molecule is O=C(O)c1ccc(F)cc1Oc1cccc2[nH]c3ccccc3c12. The highest BCUT2D eigenvalue weighted by Crippen LogP contribution is 2.36. The van der Waals surface area contributed by atoms with Crippen molar-refractivity contribution in [2.24, 2.45) is 0 Å². The van der Waals surface area contributed by atoms with Crippen molar-refractivity contribution in [3.63, 3.8) is 0 Å². The Morgan fingerprint density at radius 2 is 1.75 bits per heavy atom. The van der Waals surface area contributed by atoms with Gasteiger partial charge in [0.05, 0.1) is 10.9 Å². The van der Waals surface area contributed by atoms with Crippen molar-refractivity contribution in [1.82, 2.24) is 4.98 Å². The molecular formula is C19H12FNO3. The minimum Gasteiger partial charge on any atom is -0.478 e. The number of halogens is 1. The molecule has 1 aromatic heterocycles. The first-order chi connectivity index (χ1) is 11.6. The van der Waals surface area contributed by atoms with Crippen LogP contribution < -0.4 is 4.74 Å². The molecule has 0 spiro atoms. The smallest absolute Gasteiger partial charge is 0.339 e. The van der Waals surface area contributed by atoms with Crippen LogP contribution in [0.25, 0.3) is 21.8 Å². The zero-order chi connectivity index (χ0) is 16.7. The molecule has 3 aromatic carbocycles. The molecule has 4 aromatic rings. The molecule has 24 heavy (non-hydrogen) atoms. The number of hydrogen-bond donors (Lipinski definition) is 2. The Bertz CT molecular complexity index is 1080. The van der Waals surface area contributed by atoms with Crippen LogP contribution in [0.15, 0.2) is 60.7 Å². The van der Waals surface area contributed by atoms with Crippen LogP contribution in [0.4, 0.5) is 4.39 Å². The molecule has 0 amide bonds. The molecule has 0 atom stereocenters. The van der Waals surface area contributed by atoms with E-state index in [1.807, 2.05) is 30.3 Å². The molecule has 0 saturated heterocycles. The summed E-state index contributed by atoms with van der Waals surface area (Å²) >= 11 is 0. The number of aromatic amines is 1. The number of carbonyl (C=O) groups is 1. The number of benzene rings is 3. The summed E-state index contributed by atoms with van der Waals surface area (Å²) in [7, 11) is 0. The molecule has 1 heterocycles. The molecule has 4 rings (SSSR count). The summed E-state index contributed by atoms with van der Waals surface area (Å²) in [5, 5.41) is 11.1. The van der Waals surface area contributed by atoms with Crippen LogP contribution in [0.5, 0.6) is 11.5 Å². The van der Waals surface area contributed by atoms with Crippen molar-refractivity contribution in [3.8, 4) is 11.5 Å². The van der Waals surface area contributed by atoms with Gasteiger partial charge in [-0.25, -0.2) is 9.18 Å². The van der Waals surface area contributed by atoms with E-state index in [0.717, 1.165) is 33.9 Å². The Labute approximate surface area is 136 Å². The molecule has 0 saturated carbocycles.